The van der Waals surface area contributed by atoms with Crippen LogP contribution < -0.4 is 10.6 Å². The fourth-order valence-corrected chi connectivity index (χ4v) is 3.35. The molecular formula is C19H18N2O2. The Morgan fingerprint density at radius 3 is 2.48 bits per heavy atom. The molecule has 0 saturated carbocycles. The molecule has 0 aromatic heterocycles. The van der Waals surface area contributed by atoms with Gasteiger partial charge in [0.05, 0.1) is 17.4 Å². The molecule has 1 aliphatic heterocycles. The van der Waals surface area contributed by atoms with Crippen LogP contribution in [0.25, 0.3) is 0 Å². The largest absolute Gasteiger partial charge is 0.508 e. The summed E-state index contributed by atoms with van der Waals surface area (Å²) in [6, 6.07) is 14.9. The fraction of sp³-hybridized carbons (Fsp3) is 0.211. The molecule has 0 bridgehead atoms. The Labute approximate surface area is 134 Å². The molecule has 4 nitrogen and oxygen atoms in total. The predicted octanol–water partition coefficient (Wildman–Crippen LogP) is 3.98. The number of Topliss-reactive ketones (excluding diaryl/α,β-unsaturated/α-hetero) is 1. The van der Waals surface area contributed by atoms with E-state index in [9.17, 15) is 9.90 Å². The third-order valence-corrected chi connectivity index (χ3v) is 4.48. The van der Waals surface area contributed by atoms with Gasteiger partial charge in [0.2, 0.25) is 0 Å². The molecule has 1 aliphatic carbocycles. The number of carbonyl (C=O) groups is 1. The average molecular weight is 306 g/mol. The zero-order chi connectivity index (χ0) is 15.8. The number of hydrogen-bond donors (Lipinski definition) is 3. The number of allylic oxidation sites excluding steroid dienone is 1. The van der Waals surface area contributed by atoms with Gasteiger partial charge in [-0.2, -0.15) is 0 Å². The molecule has 0 radical (unpaired) electrons. The Kier molecular flexibility index (Phi) is 3.30. The summed E-state index contributed by atoms with van der Waals surface area (Å²) in [5.74, 6) is 0.419. The van der Waals surface area contributed by atoms with Crippen LogP contribution in [-0.2, 0) is 4.79 Å². The lowest BCUT2D eigenvalue weighted by Gasteiger charge is -2.25. The molecule has 116 valence electrons. The van der Waals surface area contributed by atoms with Crippen LogP contribution in [0, 0.1) is 0 Å². The first-order valence-corrected chi connectivity index (χ1v) is 7.90. The minimum absolute atomic E-state index is 0.192. The number of phenols is 1. The van der Waals surface area contributed by atoms with Gasteiger partial charge in [-0.3, -0.25) is 4.79 Å². The first-order valence-electron chi connectivity index (χ1n) is 7.90. The number of nitrogens with one attached hydrogen (secondary N) is 2. The van der Waals surface area contributed by atoms with Crippen LogP contribution >= 0.6 is 0 Å². The number of rotatable bonds is 1. The van der Waals surface area contributed by atoms with E-state index in [0.29, 0.717) is 6.42 Å². The number of ketones is 1. The van der Waals surface area contributed by atoms with Crippen LogP contribution in [0.3, 0.4) is 0 Å². The summed E-state index contributed by atoms with van der Waals surface area (Å²) in [6.45, 7) is 0. The summed E-state index contributed by atoms with van der Waals surface area (Å²) < 4.78 is 0. The normalized spacial score (nSPS) is 20.0. The summed E-state index contributed by atoms with van der Waals surface area (Å²) in [6.07, 6.45) is 2.36. The quantitative estimate of drug-likeness (QED) is 0.746. The first kappa shape index (κ1) is 13.9. The number of fused-ring (bicyclic) bond motifs is 1. The van der Waals surface area contributed by atoms with Crippen molar-refractivity contribution in [1.29, 1.82) is 0 Å². The highest BCUT2D eigenvalue weighted by Gasteiger charge is 2.31. The van der Waals surface area contributed by atoms with Crippen molar-refractivity contribution in [2.45, 2.75) is 25.3 Å². The molecule has 23 heavy (non-hydrogen) atoms. The third kappa shape index (κ3) is 2.46. The lowest BCUT2D eigenvalue weighted by Crippen LogP contribution is -2.23. The first-order chi connectivity index (χ1) is 11.2. The highest BCUT2D eigenvalue weighted by Crippen LogP contribution is 2.40. The topological polar surface area (TPSA) is 61.4 Å². The van der Waals surface area contributed by atoms with Crippen molar-refractivity contribution < 1.29 is 9.90 Å². The molecular weight excluding hydrogens is 288 g/mol. The van der Waals surface area contributed by atoms with E-state index in [1.807, 2.05) is 36.4 Å². The van der Waals surface area contributed by atoms with Crippen molar-refractivity contribution in [2.24, 2.45) is 0 Å². The molecule has 1 heterocycles. The molecule has 0 saturated heterocycles. The molecule has 0 fully saturated rings. The Morgan fingerprint density at radius 1 is 0.957 bits per heavy atom. The maximum absolute atomic E-state index is 12.6. The number of benzene rings is 2. The van der Waals surface area contributed by atoms with Crippen LogP contribution in [0.2, 0.25) is 0 Å². The van der Waals surface area contributed by atoms with Gasteiger partial charge in [-0.15, -0.1) is 0 Å². The summed E-state index contributed by atoms with van der Waals surface area (Å²) in [7, 11) is 0. The number of aromatic hydroxyl groups is 1. The predicted molar refractivity (Wildman–Crippen MR) is 90.4 cm³/mol. The highest BCUT2D eigenvalue weighted by molar-refractivity contribution is 6.00. The second kappa shape index (κ2) is 5.47. The third-order valence-electron chi connectivity index (χ3n) is 4.48. The second-order valence-electron chi connectivity index (χ2n) is 6.01. The molecule has 4 rings (SSSR count). The number of hydrogen-bond acceptors (Lipinski definition) is 4. The Balaban J connectivity index is 1.86. The van der Waals surface area contributed by atoms with Crippen LogP contribution in [0.15, 0.2) is 59.8 Å². The van der Waals surface area contributed by atoms with E-state index in [4.69, 9.17) is 0 Å². The molecule has 1 unspecified atom stereocenters. The number of anilines is 2. The molecule has 4 heteroatoms. The maximum atomic E-state index is 12.6. The van der Waals surface area contributed by atoms with Crippen LogP contribution in [0.4, 0.5) is 11.4 Å². The van der Waals surface area contributed by atoms with Crippen LogP contribution in [-0.4, -0.2) is 10.9 Å². The lowest BCUT2D eigenvalue weighted by molar-refractivity contribution is -0.116. The van der Waals surface area contributed by atoms with Gasteiger partial charge < -0.3 is 15.7 Å². The minimum Gasteiger partial charge on any atom is -0.508 e. The number of carbonyl (C=O) groups excluding carboxylic acids is 1. The maximum Gasteiger partial charge on any atom is 0.163 e. The van der Waals surface area contributed by atoms with Crippen molar-refractivity contribution in [3.8, 4) is 5.75 Å². The van der Waals surface area contributed by atoms with E-state index in [0.717, 1.165) is 41.1 Å². The van der Waals surface area contributed by atoms with Crippen molar-refractivity contribution in [3.05, 3.63) is 65.4 Å². The van der Waals surface area contributed by atoms with Gasteiger partial charge >= 0.3 is 0 Å². The van der Waals surface area contributed by atoms with Gasteiger partial charge in [0, 0.05) is 17.7 Å². The molecule has 1 atom stereocenters. The fourth-order valence-electron chi connectivity index (χ4n) is 3.35. The summed E-state index contributed by atoms with van der Waals surface area (Å²) >= 11 is 0. The molecule has 2 aromatic rings. The Morgan fingerprint density at radius 2 is 1.70 bits per heavy atom. The van der Waals surface area contributed by atoms with E-state index in [2.05, 4.69) is 10.6 Å². The van der Waals surface area contributed by atoms with Gasteiger partial charge in [0.1, 0.15) is 5.75 Å². The lowest BCUT2D eigenvalue weighted by atomic mass is 9.87. The van der Waals surface area contributed by atoms with Crippen molar-refractivity contribution in [2.75, 3.05) is 10.6 Å². The SMILES string of the molecule is O=C1CCCC2=C1C(c1ccc(O)cc1)Nc1ccccc1N2. The van der Waals surface area contributed by atoms with Crippen LogP contribution in [0.1, 0.15) is 30.9 Å². The van der Waals surface area contributed by atoms with Crippen molar-refractivity contribution in [1.82, 2.24) is 0 Å². The van der Waals surface area contributed by atoms with Crippen molar-refractivity contribution in [3.63, 3.8) is 0 Å². The Bertz CT molecular complexity index is 793. The smallest absolute Gasteiger partial charge is 0.163 e. The van der Waals surface area contributed by atoms with Gasteiger partial charge in [-0.25, -0.2) is 0 Å². The monoisotopic (exact) mass is 306 g/mol. The zero-order valence-corrected chi connectivity index (χ0v) is 12.7. The number of phenolic OH excluding ortho intramolecular Hbond substituents is 1. The molecule has 3 N–H and O–H groups in total. The van der Waals surface area contributed by atoms with E-state index >= 15 is 0 Å². The summed E-state index contributed by atoms with van der Waals surface area (Å²) in [5.41, 5.74) is 4.78. The molecule has 2 aromatic carbocycles. The number of para-hydroxylation sites is 2. The average Bonchev–Trinajstić information content (AvgIpc) is 2.73. The van der Waals surface area contributed by atoms with Crippen molar-refractivity contribution >= 4 is 17.2 Å². The second-order valence-corrected chi connectivity index (χ2v) is 6.01. The standard InChI is InChI=1S/C19H18N2O2/c22-13-10-8-12(9-11-13)19-18-16(6-3-7-17(18)23)20-14-4-1-2-5-15(14)21-19/h1-2,4-5,8-11,19-22H,3,6-7H2. The van der Waals surface area contributed by atoms with Gasteiger partial charge in [0.25, 0.3) is 0 Å². The molecule has 0 amide bonds. The summed E-state index contributed by atoms with van der Waals surface area (Å²) in [4.78, 5) is 12.6. The Hall–Kier alpha value is -2.75. The van der Waals surface area contributed by atoms with Gasteiger partial charge in [-0.05, 0) is 42.7 Å². The van der Waals surface area contributed by atoms with E-state index in [-0.39, 0.29) is 17.6 Å². The van der Waals surface area contributed by atoms with Crippen LogP contribution in [0.5, 0.6) is 5.75 Å². The van der Waals surface area contributed by atoms with E-state index in [1.165, 1.54) is 0 Å². The molecule has 0 spiro atoms. The van der Waals surface area contributed by atoms with E-state index < -0.39 is 0 Å². The van der Waals surface area contributed by atoms with E-state index in [1.54, 1.807) is 12.1 Å². The molecule has 2 aliphatic rings. The van der Waals surface area contributed by atoms with Gasteiger partial charge in [0.15, 0.2) is 5.78 Å². The minimum atomic E-state index is -0.199. The van der Waals surface area contributed by atoms with Gasteiger partial charge in [-0.1, -0.05) is 24.3 Å². The zero-order valence-electron chi connectivity index (χ0n) is 12.7. The highest BCUT2D eigenvalue weighted by atomic mass is 16.3. The summed E-state index contributed by atoms with van der Waals surface area (Å²) in [5, 5.41) is 16.5.